The van der Waals surface area contributed by atoms with Crippen LogP contribution in [0.4, 0.5) is 0 Å². The first-order valence-electron chi connectivity index (χ1n) is 30.4. The number of aromatic nitrogens is 16. The minimum Gasteiger partial charge on any atom is -0.450 e. The molecule has 0 spiro atoms. The quantitative estimate of drug-likeness (QED) is 0.0812. The Hall–Kier alpha value is -11.2. The van der Waals surface area contributed by atoms with Gasteiger partial charge in [-0.25, -0.2) is 9.97 Å². The topological polar surface area (TPSA) is 283 Å². The van der Waals surface area contributed by atoms with Crippen molar-refractivity contribution in [1.82, 2.24) is 79.7 Å². The third-order valence-corrected chi connectivity index (χ3v) is 18.4. The molecule has 0 radical (unpaired) electrons. The van der Waals surface area contributed by atoms with Crippen LogP contribution in [0.3, 0.4) is 0 Å². The molecular formula is C72H32Cl8N16O8Zn. The fourth-order valence-corrected chi connectivity index (χ4v) is 13.5. The van der Waals surface area contributed by atoms with Crippen molar-refractivity contribution in [2.24, 2.45) is 0 Å². The molecule has 105 heavy (non-hydrogen) atoms. The van der Waals surface area contributed by atoms with E-state index < -0.39 is 0 Å². The van der Waals surface area contributed by atoms with Crippen molar-refractivity contribution >= 4 is 137 Å². The van der Waals surface area contributed by atoms with Gasteiger partial charge in [0.1, 0.15) is 46.0 Å². The summed E-state index contributed by atoms with van der Waals surface area (Å²) in [5.74, 6) is -0.150. The van der Waals surface area contributed by atoms with Crippen molar-refractivity contribution in [3.8, 4) is 138 Å². The summed E-state index contributed by atoms with van der Waals surface area (Å²) in [5, 5.41) is -1.30. The molecule has 33 heteroatoms. The van der Waals surface area contributed by atoms with Crippen LogP contribution in [0.1, 0.15) is 0 Å². The summed E-state index contributed by atoms with van der Waals surface area (Å²) in [7, 11) is 0. The number of hydrogen-bond acceptors (Lipinski definition) is 22. The molecule has 15 aromatic rings. The molecule has 0 fully saturated rings. The van der Waals surface area contributed by atoms with Gasteiger partial charge in [0.25, 0.3) is 0 Å². The van der Waals surface area contributed by atoms with Crippen molar-refractivity contribution in [3.05, 3.63) is 236 Å². The zero-order valence-electron chi connectivity index (χ0n) is 52.6. The molecule has 11 aromatic heterocycles. The molecule has 13 heterocycles. The Morgan fingerprint density at radius 2 is 0.381 bits per heavy atom. The van der Waals surface area contributed by atoms with E-state index in [2.05, 4.69) is 39.9 Å². The van der Waals surface area contributed by atoms with Crippen LogP contribution in [0, 0.1) is 0 Å². The fourth-order valence-electron chi connectivity index (χ4n) is 11.1. The van der Waals surface area contributed by atoms with E-state index >= 15 is 0 Å². The number of nitrogens with zero attached hydrogens (tertiary/aromatic N) is 16. The Labute approximate surface area is 643 Å². The smallest absolute Gasteiger partial charge is 0.450 e. The van der Waals surface area contributed by atoms with E-state index in [1.54, 1.807) is 147 Å². The van der Waals surface area contributed by atoms with Crippen molar-refractivity contribution in [2.75, 3.05) is 0 Å². The summed E-state index contributed by atoms with van der Waals surface area (Å²) < 4.78 is 52.9. The largest absolute Gasteiger partial charge is 2.00 e. The minimum absolute atomic E-state index is 0. The maximum absolute atomic E-state index is 7.81. The third kappa shape index (κ3) is 12.8. The van der Waals surface area contributed by atoms with Gasteiger partial charge < -0.3 is 67.8 Å². The summed E-state index contributed by atoms with van der Waals surface area (Å²) >= 11 is 62.5. The average Bonchev–Trinajstić information content (AvgIpc) is 1.58. The van der Waals surface area contributed by atoms with Crippen molar-refractivity contribution in [1.29, 1.82) is 0 Å². The van der Waals surface area contributed by atoms with Crippen LogP contribution in [0.15, 0.2) is 196 Å². The molecule has 0 saturated carbocycles. The van der Waals surface area contributed by atoms with Crippen LogP contribution in [-0.4, -0.2) is 69.8 Å². The maximum atomic E-state index is 7.81. The van der Waals surface area contributed by atoms with E-state index in [1.807, 2.05) is 0 Å². The Morgan fingerprint density at radius 1 is 0.219 bits per heavy atom. The Bertz CT molecular complexity index is 5380. The third-order valence-electron chi connectivity index (χ3n) is 15.5. The monoisotopic (exact) mass is 1590 g/mol. The number of pyridine rings is 8. The second kappa shape index (κ2) is 28.8. The number of ether oxygens (including phenoxy) is 8. The van der Waals surface area contributed by atoms with Crippen molar-refractivity contribution in [3.63, 3.8) is 0 Å². The van der Waals surface area contributed by atoms with E-state index in [0.717, 1.165) is 0 Å². The SMILES string of the molecule is Clc1c(Oc2cccnc2)c(Oc2cccnc2)c(Cl)c2c1-c1nc-2nc2[n-]c(nc3nc(nc4[n-]c(n1)c1c(Cl)c(Oc5cccnc5)c(Oc5cccnc5)c(Cl)c41)-c1c(Cl)c(Oc4cccnc4)c(Oc4cccnc4)c(Cl)c1-3)c1c(Cl)c(Oc3cccnc3)c(Oc3cccnc3)c(Cl)c21.[Zn+2]. The second-order valence-corrected chi connectivity index (χ2v) is 25.0. The zero-order valence-corrected chi connectivity index (χ0v) is 61.6. The molecule has 506 valence electrons. The van der Waals surface area contributed by atoms with Crippen LogP contribution in [0.5, 0.6) is 92.0 Å². The molecule has 24 nitrogen and oxygen atoms in total. The van der Waals surface area contributed by atoms with Gasteiger partial charge in [-0.3, -0.25) is 39.9 Å². The molecule has 2 aliphatic heterocycles. The Balaban J connectivity index is 0.00000847. The van der Waals surface area contributed by atoms with E-state index in [0.29, 0.717) is 0 Å². The predicted octanol–water partition coefficient (Wildman–Crippen LogP) is 20.9. The number of benzene rings is 4. The fraction of sp³-hybridized carbons (Fsp3) is 0. The van der Waals surface area contributed by atoms with Crippen LogP contribution in [0.25, 0.3) is 89.7 Å². The van der Waals surface area contributed by atoms with Gasteiger partial charge in [-0.2, -0.15) is 0 Å². The number of hydrogen-bond donors (Lipinski definition) is 0. The molecule has 2 aliphatic rings. The summed E-state index contributed by atoms with van der Waals surface area (Å²) in [6.07, 6.45) is 24.2. The van der Waals surface area contributed by atoms with E-state index in [9.17, 15) is 0 Å². The normalized spacial score (nSPS) is 11.4. The molecule has 0 atom stereocenters. The van der Waals surface area contributed by atoms with Gasteiger partial charge in [0.2, 0.25) is 0 Å². The van der Waals surface area contributed by atoms with E-state index in [4.69, 9.17) is 171 Å². The van der Waals surface area contributed by atoms with Gasteiger partial charge >= 0.3 is 19.5 Å². The zero-order chi connectivity index (χ0) is 70.7. The molecule has 17 rings (SSSR count). The second-order valence-electron chi connectivity index (χ2n) is 22.0. The van der Waals surface area contributed by atoms with E-state index in [1.165, 1.54) is 49.6 Å². The Kier molecular flexibility index (Phi) is 18.7. The van der Waals surface area contributed by atoms with Gasteiger partial charge in [0.15, 0.2) is 46.0 Å². The summed E-state index contributed by atoms with van der Waals surface area (Å²) in [5.41, 5.74) is -0.814. The molecule has 0 saturated heterocycles. The first-order valence-corrected chi connectivity index (χ1v) is 33.5. The van der Waals surface area contributed by atoms with Gasteiger partial charge in [0.05, 0.1) is 113 Å². The average molecular weight is 1600 g/mol. The molecule has 0 unspecified atom stereocenters. The first kappa shape index (κ1) is 68.2. The van der Waals surface area contributed by atoms with Gasteiger partial charge in [-0.15, -0.1) is 0 Å². The predicted molar refractivity (Wildman–Crippen MR) is 389 cm³/mol. The van der Waals surface area contributed by atoms with Crippen LogP contribution in [-0.2, 0) is 19.5 Å². The van der Waals surface area contributed by atoms with Crippen molar-refractivity contribution < 1.29 is 57.4 Å². The maximum Gasteiger partial charge on any atom is 2.00 e. The van der Waals surface area contributed by atoms with Gasteiger partial charge in [-0.1, -0.05) is 92.8 Å². The molecule has 0 amide bonds. The van der Waals surface area contributed by atoms with Crippen LogP contribution in [0.2, 0.25) is 40.2 Å². The summed E-state index contributed by atoms with van der Waals surface area (Å²) in [6, 6.07) is 26.4. The first-order chi connectivity index (χ1) is 50.9. The molecular weight excluding hydrogens is 1570 g/mol. The van der Waals surface area contributed by atoms with Gasteiger partial charge in [0, 0.05) is 116 Å². The summed E-state index contributed by atoms with van der Waals surface area (Å²) in [4.78, 5) is 75.9. The standard InChI is InChI=1S/C72H32Cl8N16O8.Zn/c73-49-41-42(50(74)58(98-34-10-2-18-82-26-34)57(49)97-33-9-1-17-81-25-33)66-89-65(41)93-67-43-44(52(76)60(100-36-12-4-20-84-28-36)59(51(43)75)99-35-11-3-19-83-27-35)69(90-67)95-71-47-48(56(80)64(104-40-16-8-24-88-32-40)63(55(47)79)103-39-15-7-23-87-31-39)72(92-71)96-70-46-45(68(91-70)94-66)53(77)61(101-37-13-5-21-85-29-37)62(54(46)78)102-38-14-6-22-86-30-38;/h1-32H;/q-2;+2. The number of halogens is 8. The minimum atomic E-state index is -0.213. The molecule has 0 aliphatic carbocycles. The Morgan fingerprint density at radius 3 is 0.533 bits per heavy atom. The number of fused-ring (bicyclic) bond motifs is 20. The van der Waals surface area contributed by atoms with Crippen LogP contribution >= 0.6 is 92.8 Å². The van der Waals surface area contributed by atoms with Crippen molar-refractivity contribution in [2.45, 2.75) is 0 Å². The van der Waals surface area contributed by atoms with Crippen LogP contribution < -0.4 is 47.9 Å². The van der Waals surface area contributed by atoms with E-state index in [-0.39, 0.29) is 241 Å². The van der Waals surface area contributed by atoms with Gasteiger partial charge in [-0.05, 0) is 97.1 Å². The number of rotatable bonds is 16. The molecule has 8 bridgehead atoms. The molecule has 4 aromatic carbocycles. The molecule has 0 N–H and O–H groups in total. The summed E-state index contributed by atoms with van der Waals surface area (Å²) in [6.45, 7) is 0.